The second-order valence-corrected chi connectivity index (χ2v) is 4.49. The summed E-state index contributed by atoms with van der Waals surface area (Å²) in [6, 6.07) is 0.310. The summed E-state index contributed by atoms with van der Waals surface area (Å²) in [7, 11) is 1.19. The van der Waals surface area contributed by atoms with Crippen molar-refractivity contribution >= 4 is 17.6 Å². The number of rotatable bonds is 5. The molecule has 0 aromatic carbocycles. The number of hydrazine groups is 1. The van der Waals surface area contributed by atoms with Crippen molar-refractivity contribution in [2.75, 3.05) is 17.9 Å². The Bertz CT molecular complexity index is 507. The van der Waals surface area contributed by atoms with Gasteiger partial charge in [-0.05, 0) is 5.92 Å². The zero-order valence-corrected chi connectivity index (χ0v) is 11.7. The number of anilines is 2. The van der Waals surface area contributed by atoms with Crippen molar-refractivity contribution in [1.29, 1.82) is 0 Å². The van der Waals surface area contributed by atoms with Gasteiger partial charge in [-0.15, -0.1) is 0 Å². The van der Waals surface area contributed by atoms with Gasteiger partial charge in [0.1, 0.15) is 17.7 Å². The highest BCUT2D eigenvalue weighted by Gasteiger charge is 2.36. The van der Waals surface area contributed by atoms with Crippen LogP contribution >= 0.6 is 0 Å². The Labute approximate surface area is 119 Å². The van der Waals surface area contributed by atoms with Crippen LogP contribution in [0.25, 0.3) is 0 Å². The lowest BCUT2D eigenvalue weighted by Gasteiger charge is -2.21. The fraction of sp³-hybridized carbons (Fsp3) is 0.545. The maximum Gasteiger partial charge on any atom is 0.451 e. The summed E-state index contributed by atoms with van der Waals surface area (Å²) in [5.41, 5.74) is 2.02. The van der Waals surface area contributed by atoms with Crippen LogP contribution in [0.5, 0.6) is 0 Å². The highest BCUT2D eigenvalue weighted by Crippen LogP contribution is 2.28. The molecule has 0 aliphatic heterocycles. The quantitative estimate of drug-likeness (QED) is 0.429. The minimum absolute atomic E-state index is 0.186. The molecule has 0 saturated heterocycles. The minimum atomic E-state index is -4.73. The van der Waals surface area contributed by atoms with Gasteiger partial charge in [0.25, 0.3) is 0 Å². The van der Waals surface area contributed by atoms with Crippen LogP contribution in [-0.4, -0.2) is 29.1 Å². The molecule has 0 spiro atoms. The second kappa shape index (κ2) is 6.57. The fourth-order valence-electron chi connectivity index (χ4n) is 1.51. The van der Waals surface area contributed by atoms with Gasteiger partial charge in [-0.3, -0.25) is 0 Å². The van der Waals surface area contributed by atoms with E-state index in [4.69, 9.17) is 5.84 Å². The number of alkyl halides is 3. The van der Waals surface area contributed by atoms with Crippen LogP contribution in [0, 0.1) is 5.92 Å². The zero-order chi connectivity index (χ0) is 16.2. The normalized spacial score (nSPS) is 13.0. The standard InChI is InChI=1S/C11H16F3N5O2/c1-5(2)8(9(20)21-3)16-6-4-7(19-15)18-10(17-6)11(12,13)14/h4-5,8H,15H2,1-3H3,(H2,16,17,18,19). The molecule has 0 aliphatic carbocycles. The van der Waals surface area contributed by atoms with Crippen molar-refractivity contribution in [1.82, 2.24) is 9.97 Å². The third-order valence-electron chi connectivity index (χ3n) is 2.55. The molecular weight excluding hydrogens is 291 g/mol. The molecule has 1 heterocycles. The Morgan fingerprint density at radius 3 is 2.33 bits per heavy atom. The molecule has 1 atom stereocenters. The predicted molar refractivity (Wildman–Crippen MR) is 69.1 cm³/mol. The van der Waals surface area contributed by atoms with Crippen LogP contribution in [0.3, 0.4) is 0 Å². The smallest absolute Gasteiger partial charge is 0.451 e. The number of hydrogen-bond acceptors (Lipinski definition) is 7. The van der Waals surface area contributed by atoms with E-state index in [2.05, 4.69) is 20.0 Å². The molecule has 0 aliphatic rings. The Balaban J connectivity index is 3.14. The highest BCUT2D eigenvalue weighted by molar-refractivity contribution is 5.79. The Morgan fingerprint density at radius 2 is 1.90 bits per heavy atom. The van der Waals surface area contributed by atoms with E-state index in [1.165, 1.54) is 7.11 Å². The molecule has 1 rings (SSSR count). The summed E-state index contributed by atoms with van der Waals surface area (Å²) in [5, 5.41) is 2.60. The molecule has 1 aromatic rings. The lowest BCUT2D eigenvalue weighted by Crippen LogP contribution is -2.36. The monoisotopic (exact) mass is 307 g/mol. The number of nitrogens with two attached hydrogens (primary N) is 1. The van der Waals surface area contributed by atoms with Crippen LogP contribution in [-0.2, 0) is 15.7 Å². The number of hydrogen-bond donors (Lipinski definition) is 3. The topological polar surface area (TPSA) is 102 Å². The summed E-state index contributed by atoms with van der Waals surface area (Å²) in [5.74, 6) is 2.46. The van der Waals surface area contributed by atoms with Gasteiger partial charge in [-0.1, -0.05) is 13.8 Å². The SMILES string of the molecule is COC(=O)C(Nc1cc(NN)nc(C(F)(F)F)n1)C(C)C. The molecule has 0 radical (unpaired) electrons. The molecular formula is C11H16F3N5O2. The molecule has 118 valence electrons. The van der Waals surface area contributed by atoms with E-state index >= 15 is 0 Å². The number of nitrogens with one attached hydrogen (secondary N) is 2. The number of ether oxygens (including phenoxy) is 1. The van der Waals surface area contributed by atoms with Gasteiger partial charge in [0.15, 0.2) is 0 Å². The number of carbonyl (C=O) groups is 1. The fourth-order valence-corrected chi connectivity index (χ4v) is 1.51. The molecule has 0 saturated carbocycles. The molecule has 1 aromatic heterocycles. The van der Waals surface area contributed by atoms with Gasteiger partial charge in [-0.25, -0.2) is 20.6 Å². The lowest BCUT2D eigenvalue weighted by atomic mass is 10.0. The van der Waals surface area contributed by atoms with Crippen LogP contribution in [0.1, 0.15) is 19.7 Å². The molecule has 0 fully saturated rings. The van der Waals surface area contributed by atoms with E-state index in [1.54, 1.807) is 13.8 Å². The van der Waals surface area contributed by atoms with Gasteiger partial charge in [0.2, 0.25) is 5.82 Å². The molecule has 4 N–H and O–H groups in total. The summed E-state index contributed by atoms with van der Waals surface area (Å²) in [6.07, 6.45) is -4.73. The van der Waals surface area contributed by atoms with Crippen molar-refractivity contribution in [2.45, 2.75) is 26.1 Å². The first-order chi connectivity index (χ1) is 9.68. The van der Waals surface area contributed by atoms with Crippen LogP contribution in [0.4, 0.5) is 24.8 Å². The van der Waals surface area contributed by atoms with E-state index in [-0.39, 0.29) is 17.6 Å². The molecule has 7 nitrogen and oxygen atoms in total. The van der Waals surface area contributed by atoms with Gasteiger partial charge in [-0.2, -0.15) is 13.2 Å². The highest BCUT2D eigenvalue weighted by atomic mass is 19.4. The molecule has 21 heavy (non-hydrogen) atoms. The number of carbonyl (C=O) groups excluding carboxylic acids is 1. The molecule has 1 unspecified atom stereocenters. The first-order valence-electron chi connectivity index (χ1n) is 5.96. The minimum Gasteiger partial charge on any atom is -0.467 e. The number of esters is 1. The lowest BCUT2D eigenvalue weighted by molar-refractivity contribution is -0.144. The Morgan fingerprint density at radius 1 is 1.33 bits per heavy atom. The van der Waals surface area contributed by atoms with Crippen LogP contribution in [0.2, 0.25) is 0 Å². The Hall–Kier alpha value is -2.10. The number of methoxy groups -OCH3 is 1. The van der Waals surface area contributed by atoms with Gasteiger partial charge in [0.05, 0.1) is 7.11 Å². The van der Waals surface area contributed by atoms with Crippen LogP contribution < -0.4 is 16.6 Å². The molecule has 0 amide bonds. The number of nitrogen functional groups attached to an aromatic ring is 1. The van der Waals surface area contributed by atoms with Crippen LogP contribution in [0.15, 0.2) is 6.07 Å². The van der Waals surface area contributed by atoms with E-state index in [0.717, 1.165) is 6.07 Å². The predicted octanol–water partition coefficient (Wildman–Crippen LogP) is 1.39. The summed E-state index contributed by atoms with van der Waals surface area (Å²) >= 11 is 0. The van der Waals surface area contributed by atoms with E-state index in [1.807, 2.05) is 5.43 Å². The first kappa shape index (κ1) is 17.0. The van der Waals surface area contributed by atoms with Crippen molar-refractivity contribution in [3.05, 3.63) is 11.9 Å². The first-order valence-corrected chi connectivity index (χ1v) is 5.96. The second-order valence-electron chi connectivity index (χ2n) is 4.49. The summed E-state index contributed by atoms with van der Waals surface area (Å²) < 4.78 is 42.7. The van der Waals surface area contributed by atoms with Crippen molar-refractivity contribution in [2.24, 2.45) is 11.8 Å². The third-order valence-corrected chi connectivity index (χ3v) is 2.55. The largest absolute Gasteiger partial charge is 0.467 e. The average Bonchev–Trinajstić information content (AvgIpc) is 2.42. The zero-order valence-electron chi connectivity index (χ0n) is 11.7. The average molecular weight is 307 g/mol. The molecule has 10 heteroatoms. The van der Waals surface area contributed by atoms with Crippen molar-refractivity contribution in [3.8, 4) is 0 Å². The van der Waals surface area contributed by atoms with Crippen molar-refractivity contribution < 1.29 is 22.7 Å². The van der Waals surface area contributed by atoms with Gasteiger partial charge >= 0.3 is 12.1 Å². The Kier molecular flexibility index (Phi) is 5.30. The van der Waals surface area contributed by atoms with Gasteiger partial charge < -0.3 is 15.5 Å². The third kappa shape index (κ3) is 4.45. The maximum absolute atomic E-state index is 12.7. The van der Waals surface area contributed by atoms with Gasteiger partial charge in [0, 0.05) is 6.07 Å². The number of nitrogens with zero attached hydrogens (tertiary/aromatic N) is 2. The summed E-state index contributed by atoms with van der Waals surface area (Å²) in [4.78, 5) is 18.2. The maximum atomic E-state index is 12.7. The summed E-state index contributed by atoms with van der Waals surface area (Å²) in [6.45, 7) is 3.42. The van der Waals surface area contributed by atoms with Crippen molar-refractivity contribution in [3.63, 3.8) is 0 Å². The number of aromatic nitrogens is 2. The molecule has 0 bridgehead atoms. The van der Waals surface area contributed by atoms with E-state index in [9.17, 15) is 18.0 Å². The van der Waals surface area contributed by atoms with E-state index < -0.39 is 24.0 Å². The number of halogens is 3. The van der Waals surface area contributed by atoms with E-state index in [0.29, 0.717) is 0 Å².